The second-order valence-electron chi connectivity index (χ2n) is 4.57. The zero-order valence-electron chi connectivity index (χ0n) is 11.3. The number of carbonyl (C=O) groups is 1. The van der Waals surface area contributed by atoms with Gasteiger partial charge in [0.15, 0.2) is 5.78 Å². The first-order valence-electron chi connectivity index (χ1n) is 6.65. The first-order valence-corrected chi connectivity index (χ1v) is 6.65. The van der Waals surface area contributed by atoms with Crippen LogP contribution in [0, 0.1) is 0 Å². The number of rotatable bonds is 6. The lowest BCUT2D eigenvalue weighted by Gasteiger charge is -2.24. The summed E-state index contributed by atoms with van der Waals surface area (Å²) >= 11 is 0. The molecule has 2 rings (SSSR count). The summed E-state index contributed by atoms with van der Waals surface area (Å²) in [6, 6.07) is 20.3. The van der Waals surface area contributed by atoms with Crippen LogP contribution >= 0.6 is 0 Å². The molecule has 2 aromatic carbocycles. The molecule has 0 amide bonds. The van der Waals surface area contributed by atoms with Gasteiger partial charge in [0, 0.05) is 18.7 Å². The van der Waals surface area contributed by atoms with Crippen molar-refractivity contribution in [3.63, 3.8) is 0 Å². The molecular weight excluding hydrogens is 234 g/mol. The Morgan fingerprint density at radius 3 is 2.11 bits per heavy atom. The van der Waals surface area contributed by atoms with Gasteiger partial charge in [0.2, 0.25) is 0 Å². The molecule has 98 valence electrons. The minimum atomic E-state index is 0.264. The van der Waals surface area contributed by atoms with Crippen LogP contribution < -0.4 is 4.90 Å². The number of ketones is 1. The van der Waals surface area contributed by atoms with E-state index in [0.29, 0.717) is 13.0 Å². The van der Waals surface area contributed by atoms with Crippen LogP contribution in [0.5, 0.6) is 0 Å². The van der Waals surface area contributed by atoms with E-state index in [1.165, 1.54) is 5.56 Å². The molecule has 0 saturated carbocycles. The molecule has 0 aliphatic carbocycles. The van der Waals surface area contributed by atoms with Crippen molar-refractivity contribution < 1.29 is 4.79 Å². The average Bonchev–Trinajstić information content (AvgIpc) is 2.48. The Balaban J connectivity index is 2.17. The average molecular weight is 253 g/mol. The van der Waals surface area contributed by atoms with E-state index in [-0.39, 0.29) is 5.78 Å². The van der Waals surface area contributed by atoms with Crippen LogP contribution in [0.15, 0.2) is 60.7 Å². The molecule has 0 radical (unpaired) electrons. The van der Waals surface area contributed by atoms with Crippen molar-refractivity contribution in [1.82, 2.24) is 0 Å². The van der Waals surface area contributed by atoms with Crippen LogP contribution in [-0.4, -0.2) is 12.3 Å². The lowest BCUT2D eigenvalue weighted by molar-refractivity contribution is -0.117. The van der Waals surface area contributed by atoms with E-state index in [1.54, 1.807) is 0 Å². The van der Waals surface area contributed by atoms with E-state index in [1.807, 2.05) is 55.5 Å². The van der Waals surface area contributed by atoms with E-state index in [9.17, 15) is 4.79 Å². The Morgan fingerprint density at radius 2 is 1.53 bits per heavy atom. The Labute approximate surface area is 114 Å². The maximum atomic E-state index is 11.7. The van der Waals surface area contributed by atoms with Gasteiger partial charge in [-0.05, 0) is 17.7 Å². The predicted molar refractivity (Wildman–Crippen MR) is 79.2 cm³/mol. The van der Waals surface area contributed by atoms with Crippen LogP contribution in [-0.2, 0) is 11.3 Å². The molecule has 0 atom stereocenters. The highest BCUT2D eigenvalue weighted by Gasteiger charge is 2.10. The largest absolute Gasteiger partial charge is 0.360 e. The van der Waals surface area contributed by atoms with Crippen molar-refractivity contribution in [2.45, 2.75) is 19.9 Å². The van der Waals surface area contributed by atoms with Gasteiger partial charge in [-0.2, -0.15) is 0 Å². The van der Waals surface area contributed by atoms with E-state index in [2.05, 4.69) is 17.0 Å². The number of anilines is 1. The fraction of sp³-hybridized carbons (Fsp3) is 0.235. The smallest absolute Gasteiger partial charge is 0.151 e. The second-order valence-corrected chi connectivity index (χ2v) is 4.57. The molecule has 0 spiro atoms. The van der Waals surface area contributed by atoms with Gasteiger partial charge in [0.1, 0.15) is 0 Å². The van der Waals surface area contributed by atoms with E-state index >= 15 is 0 Å². The normalized spacial score (nSPS) is 10.2. The van der Waals surface area contributed by atoms with Crippen LogP contribution in [0.3, 0.4) is 0 Å². The molecule has 0 heterocycles. The molecule has 0 saturated heterocycles. The fourth-order valence-corrected chi connectivity index (χ4v) is 2.01. The molecule has 0 aliphatic heterocycles. The lowest BCUT2D eigenvalue weighted by Crippen LogP contribution is -2.28. The molecule has 0 aliphatic rings. The Kier molecular flexibility index (Phi) is 4.73. The standard InChI is InChI=1S/C17H19NO/c1-2-17(19)14-18(16-11-7-4-8-12-16)13-15-9-5-3-6-10-15/h3-12H,2,13-14H2,1H3. The number of hydrogen-bond donors (Lipinski definition) is 0. The molecule has 2 nitrogen and oxygen atoms in total. The number of hydrogen-bond acceptors (Lipinski definition) is 2. The van der Waals surface area contributed by atoms with Gasteiger partial charge < -0.3 is 4.90 Å². The summed E-state index contributed by atoms with van der Waals surface area (Å²) in [7, 11) is 0. The molecule has 0 fully saturated rings. The molecule has 0 bridgehead atoms. The summed E-state index contributed by atoms with van der Waals surface area (Å²) in [6.45, 7) is 3.14. The molecule has 0 aromatic heterocycles. The van der Waals surface area contributed by atoms with Crippen LogP contribution in [0.4, 0.5) is 5.69 Å². The van der Waals surface area contributed by atoms with Crippen LogP contribution in [0.25, 0.3) is 0 Å². The molecule has 0 unspecified atom stereocenters. The minimum absolute atomic E-state index is 0.264. The van der Waals surface area contributed by atoms with Gasteiger partial charge in [-0.25, -0.2) is 0 Å². The van der Waals surface area contributed by atoms with E-state index < -0.39 is 0 Å². The third kappa shape index (κ3) is 3.95. The van der Waals surface area contributed by atoms with E-state index in [0.717, 1.165) is 12.2 Å². The summed E-state index contributed by atoms with van der Waals surface area (Å²) < 4.78 is 0. The highest BCUT2D eigenvalue weighted by molar-refractivity contribution is 5.83. The Hall–Kier alpha value is -2.09. The minimum Gasteiger partial charge on any atom is -0.360 e. The molecule has 2 heteroatoms. The summed E-state index contributed by atoms with van der Waals surface area (Å²) in [4.78, 5) is 13.9. The van der Waals surface area contributed by atoms with Gasteiger partial charge in [-0.15, -0.1) is 0 Å². The van der Waals surface area contributed by atoms with Gasteiger partial charge >= 0.3 is 0 Å². The van der Waals surface area contributed by atoms with Crippen molar-refractivity contribution in [2.75, 3.05) is 11.4 Å². The molecular formula is C17H19NO. The molecule has 2 aromatic rings. The van der Waals surface area contributed by atoms with Crippen LogP contribution in [0.1, 0.15) is 18.9 Å². The number of benzene rings is 2. The lowest BCUT2D eigenvalue weighted by atomic mass is 10.1. The Bertz CT molecular complexity index is 507. The number of carbonyl (C=O) groups excluding carboxylic acids is 1. The van der Waals surface area contributed by atoms with Gasteiger partial charge in [-0.1, -0.05) is 55.5 Å². The second kappa shape index (κ2) is 6.74. The zero-order chi connectivity index (χ0) is 13.5. The number of para-hydroxylation sites is 1. The SMILES string of the molecule is CCC(=O)CN(Cc1ccccc1)c1ccccc1. The molecule has 19 heavy (non-hydrogen) atoms. The van der Waals surface area contributed by atoms with Crippen LogP contribution in [0.2, 0.25) is 0 Å². The first kappa shape index (κ1) is 13.3. The summed E-state index contributed by atoms with van der Waals surface area (Å²) in [6.07, 6.45) is 0.581. The summed E-state index contributed by atoms with van der Waals surface area (Å²) in [5.41, 5.74) is 2.31. The first-order chi connectivity index (χ1) is 9.29. The third-order valence-electron chi connectivity index (χ3n) is 3.10. The highest BCUT2D eigenvalue weighted by atomic mass is 16.1. The van der Waals surface area contributed by atoms with Crippen molar-refractivity contribution in [1.29, 1.82) is 0 Å². The molecule has 0 N–H and O–H groups in total. The van der Waals surface area contributed by atoms with Crippen molar-refractivity contribution in [2.24, 2.45) is 0 Å². The maximum Gasteiger partial charge on any atom is 0.151 e. The monoisotopic (exact) mass is 253 g/mol. The fourth-order valence-electron chi connectivity index (χ4n) is 2.01. The Morgan fingerprint density at radius 1 is 0.947 bits per heavy atom. The van der Waals surface area contributed by atoms with E-state index in [4.69, 9.17) is 0 Å². The van der Waals surface area contributed by atoms with Crippen molar-refractivity contribution >= 4 is 11.5 Å². The topological polar surface area (TPSA) is 20.3 Å². The zero-order valence-corrected chi connectivity index (χ0v) is 11.3. The summed E-state index contributed by atoms with van der Waals surface area (Å²) in [5, 5.41) is 0. The van der Waals surface area contributed by atoms with Gasteiger partial charge in [0.05, 0.1) is 6.54 Å². The van der Waals surface area contributed by atoms with Crippen molar-refractivity contribution in [3.8, 4) is 0 Å². The van der Waals surface area contributed by atoms with Gasteiger partial charge in [-0.3, -0.25) is 4.79 Å². The quantitative estimate of drug-likeness (QED) is 0.783. The number of nitrogens with zero attached hydrogens (tertiary/aromatic N) is 1. The number of Topliss-reactive ketones (excluding diaryl/α,β-unsaturated/α-hetero) is 1. The maximum absolute atomic E-state index is 11.7. The van der Waals surface area contributed by atoms with Crippen molar-refractivity contribution in [3.05, 3.63) is 66.2 Å². The predicted octanol–water partition coefficient (Wildman–Crippen LogP) is 3.67. The summed E-state index contributed by atoms with van der Waals surface area (Å²) in [5.74, 6) is 0.264. The van der Waals surface area contributed by atoms with Gasteiger partial charge in [0.25, 0.3) is 0 Å². The third-order valence-corrected chi connectivity index (χ3v) is 3.10. The highest BCUT2D eigenvalue weighted by Crippen LogP contribution is 2.16.